The number of nitrogens with zero attached hydrogens (tertiary/aromatic N) is 1. The van der Waals surface area contributed by atoms with E-state index in [1.807, 2.05) is 24.3 Å². The van der Waals surface area contributed by atoms with Crippen molar-refractivity contribution in [2.24, 2.45) is 0 Å². The number of aromatic nitrogens is 2. The summed E-state index contributed by atoms with van der Waals surface area (Å²) in [7, 11) is 0. The lowest BCUT2D eigenvalue weighted by molar-refractivity contribution is -0.119. The van der Waals surface area contributed by atoms with Crippen molar-refractivity contribution in [3.8, 4) is 11.3 Å². The van der Waals surface area contributed by atoms with E-state index >= 15 is 0 Å². The van der Waals surface area contributed by atoms with E-state index in [1.165, 1.54) is 6.92 Å². The van der Waals surface area contributed by atoms with Crippen LogP contribution >= 0.6 is 15.9 Å². The average molecular weight is 348 g/mol. The van der Waals surface area contributed by atoms with Crippen molar-refractivity contribution in [1.29, 1.82) is 0 Å². The molecule has 1 saturated carbocycles. The van der Waals surface area contributed by atoms with Gasteiger partial charge >= 0.3 is 0 Å². The predicted octanol–water partition coefficient (Wildman–Crippen LogP) is 2.69. The fourth-order valence-electron chi connectivity index (χ4n) is 2.18. The maximum Gasteiger partial charge on any atom is 0.270 e. The Bertz CT molecular complexity index is 702. The van der Waals surface area contributed by atoms with Crippen molar-refractivity contribution >= 4 is 27.6 Å². The number of Topliss-reactive ketones (excluding diaryl/α,β-unsaturated/α-hetero) is 1. The third kappa shape index (κ3) is 2.76. The fourth-order valence-corrected chi connectivity index (χ4v) is 2.45. The van der Waals surface area contributed by atoms with Crippen LogP contribution in [0.3, 0.4) is 0 Å². The SMILES string of the molecule is CC(=O)C1(NC(=O)c2cc(-c3ccc(Br)cc3)n[nH]2)CC1. The Balaban J connectivity index is 1.77. The molecule has 0 atom stereocenters. The monoisotopic (exact) mass is 347 g/mol. The van der Waals surface area contributed by atoms with Crippen LogP contribution in [-0.2, 0) is 4.79 Å². The second-order valence-electron chi connectivity index (χ2n) is 5.27. The molecule has 1 heterocycles. The van der Waals surface area contributed by atoms with Gasteiger partial charge in [-0.25, -0.2) is 0 Å². The third-order valence-corrected chi connectivity index (χ3v) is 4.27. The summed E-state index contributed by atoms with van der Waals surface area (Å²) < 4.78 is 0.983. The Labute approximate surface area is 130 Å². The zero-order chi connectivity index (χ0) is 15.0. The number of carbonyl (C=O) groups is 2. The minimum atomic E-state index is -0.653. The average Bonchev–Trinajstić information content (AvgIpc) is 3.07. The Hall–Kier alpha value is -1.95. The van der Waals surface area contributed by atoms with Crippen LogP contribution < -0.4 is 5.32 Å². The zero-order valence-corrected chi connectivity index (χ0v) is 13.0. The van der Waals surface area contributed by atoms with E-state index in [-0.39, 0.29) is 11.7 Å². The second kappa shape index (κ2) is 5.11. The van der Waals surface area contributed by atoms with Crippen LogP contribution in [-0.4, -0.2) is 27.4 Å². The Morgan fingerprint density at radius 3 is 2.52 bits per heavy atom. The molecule has 6 heteroatoms. The van der Waals surface area contributed by atoms with Crippen molar-refractivity contribution in [3.05, 3.63) is 40.5 Å². The first-order valence-electron chi connectivity index (χ1n) is 6.65. The van der Waals surface area contributed by atoms with E-state index in [4.69, 9.17) is 0 Å². The fraction of sp³-hybridized carbons (Fsp3) is 0.267. The molecule has 0 bridgehead atoms. The molecule has 1 aromatic heterocycles. The first kappa shape index (κ1) is 14.0. The second-order valence-corrected chi connectivity index (χ2v) is 6.18. The summed E-state index contributed by atoms with van der Waals surface area (Å²) >= 11 is 3.38. The van der Waals surface area contributed by atoms with Crippen molar-refractivity contribution in [2.45, 2.75) is 25.3 Å². The molecule has 1 aliphatic carbocycles. The van der Waals surface area contributed by atoms with Crippen molar-refractivity contribution in [2.75, 3.05) is 0 Å². The molecule has 1 aliphatic rings. The molecule has 3 rings (SSSR count). The molecular weight excluding hydrogens is 334 g/mol. The van der Waals surface area contributed by atoms with Gasteiger partial charge in [-0.2, -0.15) is 5.10 Å². The summed E-state index contributed by atoms with van der Waals surface area (Å²) in [5.74, 6) is -0.290. The minimum absolute atomic E-state index is 0.00324. The molecule has 1 fully saturated rings. The van der Waals surface area contributed by atoms with Crippen LogP contribution in [0.2, 0.25) is 0 Å². The lowest BCUT2D eigenvalue weighted by atomic mass is 10.1. The molecular formula is C15H14BrN3O2. The first-order valence-corrected chi connectivity index (χ1v) is 7.44. The largest absolute Gasteiger partial charge is 0.338 e. The van der Waals surface area contributed by atoms with Crippen LogP contribution in [0.1, 0.15) is 30.3 Å². The van der Waals surface area contributed by atoms with Crippen LogP contribution in [0.25, 0.3) is 11.3 Å². The molecule has 5 nitrogen and oxygen atoms in total. The van der Waals surface area contributed by atoms with Gasteiger partial charge in [0.15, 0.2) is 5.78 Å². The topological polar surface area (TPSA) is 74.8 Å². The van der Waals surface area contributed by atoms with Gasteiger partial charge in [-0.1, -0.05) is 28.1 Å². The minimum Gasteiger partial charge on any atom is -0.338 e. The van der Waals surface area contributed by atoms with E-state index in [9.17, 15) is 9.59 Å². The highest BCUT2D eigenvalue weighted by molar-refractivity contribution is 9.10. The van der Waals surface area contributed by atoms with Gasteiger partial charge in [-0.15, -0.1) is 0 Å². The number of ketones is 1. The molecule has 2 aromatic rings. The predicted molar refractivity (Wildman–Crippen MR) is 81.8 cm³/mol. The summed E-state index contributed by atoms with van der Waals surface area (Å²) in [5.41, 5.74) is 1.32. The number of rotatable bonds is 4. The maximum absolute atomic E-state index is 12.2. The molecule has 1 amide bonds. The number of carbonyl (C=O) groups excluding carboxylic acids is 2. The number of halogens is 1. The number of hydrogen-bond donors (Lipinski definition) is 2. The Kier molecular flexibility index (Phi) is 3.41. The molecule has 2 N–H and O–H groups in total. The highest BCUT2D eigenvalue weighted by Crippen LogP contribution is 2.36. The quantitative estimate of drug-likeness (QED) is 0.892. The number of amides is 1. The summed E-state index contributed by atoms with van der Waals surface area (Å²) in [6.45, 7) is 1.51. The van der Waals surface area contributed by atoms with Gasteiger partial charge in [0.25, 0.3) is 5.91 Å². The summed E-state index contributed by atoms with van der Waals surface area (Å²) in [6.07, 6.45) is 1.42. The van der Waals surface area contributed by atoms with Crippen LogP contribution in [0.5, 0.6) is 0 Å². The first-order chi connectivity index (χ1) is 10.00. The number of nitrogens with one attached hydrogen (secondary N) is 2. The van der Waals surface area contributed by atoms with E-state index in [2.05, 4.69) is 31.4 Å². The summed E-state index contributed by atoms with van der Waals surface area (Å²) in [5, 5.41) is 9.66. The number of H-pyrrole nitrogens is 1. The molecule has 1 aromatic carbocycles. The maximum atomic E-state index is 12.2. The zero-order valence-electron chi connectivity index (χ0n) is 11.4. The lowest BCUT2D eigenvalue weighted by Gasteiger charge is -2.12. The van der Waals surface area contributed by atoms with Crippen molar-refractivity contribution < 1.29 is 9.59 Å². The molecule has 0 unspecified atom stereocenters. The van der Waals surface area contributed by atoms with Crippen molar-refractivity contribution in [1.82, 2.24) is 15.5 Å². The van der Waals surface area contributed by atoms with E-state index in [0.29, 0.717) is 24.2 Å². The third-order valence-electron chi connectivity index (χ3n) is 3.74. The summed E-state index contributed by atoms with van der Waals surface area (Å²) in [4.78, 5) is 23.7. The normalized spacial score (nSPS) is 15.5. The van der Waals surface area contributed by atoms with E-state index in [0.717, 1.165) is 10.0 Å². The number of benzene rings is 1. The van der Waals surface area contributed by atoms with Gasteiger partial charge in [0.05, 0.1) is 11.2 Å². The molecule has 21 heavy (non-hydrogen) atoms. The van der Waals surface area contributed by atoms with E-state index < -0.39 is 5.54 Å². The molecule has 0 aliphatic heterocycles. The molecule has 0 spiro atoms. The van der Waals surface area contributed by atoms with Gasteiger partial charge in [-0.05, 0) is 38.0 Å². The smallest absolute Gasteiger partial charge is 0.270 e. The highest BCUT2D eigenvalue weighted by atomic mass is 79.9. The van der Waals surface area contributed by atoms with Gasteiger partial charge in [0.2, 0.25) is 0 Å². The van der Waals surface area contributed by atoms with Crippen molar-refractivity contribution in [3.63, 3.8) is 0 Å². The van der Waals surface area contributed by atoms with Gasteiger partial charge in [0, 0.05) is 10.0 Å². The van der Waals surface area contributed by atoms with Crippen LogP contribution in [0.4, 0.5) is 0 Å². The van der Waals surface area contributed by atoms with Gasteiger partial charge < -0.3 is 5.32 Å². The molecule has 0 saturated heterocycles. The Morgan fingerprint density at radius 1 is 1.29 bits per heavy atom. The number of hydrogen-bond acceptors (Lipinski definition) is 3. The summed E-state index contributed by atoms with van der Waals surface area (Å²) in [6, 6.07) is 9.35. The van der Waals surface area contributed by atoms with Crippen LogP contribution in [0, 0.1) is 0 Å². The molecule has 108 valence electrons. The lowest BCUT2D eigenvalue weighted by Crippen LogP contribution is -2.42. The van der Waals surface area contributed by atoms with Crippen LogP contribution in [0.15, 0.2) is 34.8 Å². The standard InChI is InChI=1S/C15H14BrN3O2/c1-9(20)15(6-7-15)17-14(21)13-8-12(18-19-13)10-2-4-11(16)5-3-10/h2-5,8H,6-7H2,1H3,(H,17,21)(H,18,19). The highest BCUT2D eigenvalue weighted by Gasteiger charge is 2.48. The number of aromatic amines is 1. The molecule has 0 radical (unpaired) electrons. The Morgan fingerprint density at radius 2 is 1.95 bits per heavy atom. The van der Waals surface area contributed by atoms with Gasteiger partial charge in [0.1, 0.15) is 5.69 Å². The van der Waals surface area contributed by atoms with E-state index in [1.54, 1.807) is 6.07 Å². The van der Waals surface area contributed by atoms with Gasteiger partial charge in [-0.3, -0.25) is 14.7 Å².